The normalized spacial score (nSPS) is 11.6. The van der Waals surface area contributed by atoms with Crippen molar-refractivity contribution in [1.82, 2.24) is 15.3 Å². The summed E-state index contributed by atoms with van der Waals surface area (Å²) >= 11 is 12.7. The third-order valence-electron chi connectivity index (χ3n) is 6.28. The van der Waals surface area contributed by atoms with Crippen LogP contribution in [0.3, 0.4) is 0 Å². The molecule has 5 nitrogen and oxygen atoms in total. The van der Waals surface area contributed by atoms with Crippen LogP contribution < -0.4 is 15.4 Å². The van der Waals surface area contributed by atoms with E-state index in [0.717, 1.165) is 65.0 Å². The predicted molar refractivity (Wildman–Crippen MR) is 165 cm³/mol. The number of benzene rings is 3. The lowest BCUT2D eigenvalue weighted by molar-refractivity contribution is 0.419. The number of para-hydroxylation sites is 1. The summed E-state index contributed by atoms with van der Waals surface area (Å²) in [4.78, 5) is 8.24. The molecule has 3 aromatic carbocycles. The van der Waals surface area contributed by atoms with Crippen LogP contribution in [0.4, 0.5) is 5.82 Å². The molecule has 0 bridgehead atoms. The highest BCUT2D eigenvalue weighted by molar-refractivity contribution is 6.38. The molecule has 0 amide bonds. The lowest BCUT2D eigenvalue weighted by Crippen LogP contribution is -2.26. The van der Waals surface area contributed by atoms with Gasteiger partial charge in [-0.1, -0.05) is 65.7 Å². The van der Waals surface area contributed by atoms with Crippen LogP contribution >= 0.6 is 48.0 Å². The smallest absolute Gasteiger partial charge is 0.131 e. The number of nitrogens with one attached hydrogen (secondary N) is 3. The van der Waals surface area contributed by atoms with Crippen molar-refractivity contribution in [3.63, 3.8) is 0 Å². The van der Waals surface area contributed by atoms with E-state index in [1.54, 1.807) is 13.2 Å². The van der Waals surface area contributed by atoms with Gasteiger partial charge in [-0.25, -0.2) is 4.98 Å². The van der Waals surface area contributed by atoms with Gasteiger partial charge in [0.2, 0.25) is 0 Å². The molecule has 200 valence electrons. The van der Waals surface area contributed by atoms with E-state index in [2.05, 4.69) is 45.9 Å². The van der Waals surface area contributed by atoms with Gasteiger partial charge < -0.3 is 20.4 Å². The van der Waals surface area contributed by atoms with Crippen LogP contribution in [0.1, 0.15) is 23.7 Å². The molecule has 0 fully saturated rings. The first-order valence-corrected chi connectivity index (χ1v) is 12.8. The van der Waals surface area contributed by atoms with Gasteiger partial charge in [-0.05, 0) is 55.3 Å². The lowest BCUT2D eigenvalue weighted by Gasteiger charge is -2.18. The summed E-state index contributed by atoms with van der Waals surface area (Å²) in [5.41, 5.74) is 4.22. The fourth-order valence-corrected chi connectivity index (χ4v) is 5.04. The summed E-state index contributed by atoms with van der Waals surface area (Å²) in [5, 5.41) is 10.4. The number of H-pyrrole nitrogens is 1. The van der Waals surface area contributed by atoms with Crippen molar-refractivity contribution < 1.29 is 4.74 Å². The number of hydrogen-bond donors (Lipinski definition) is 3. The summed E-state index contributed by atoms with van der Waals surface area (Å²) in [6.45, 7) is 1.62. The van der Waals surface area contributed by atoms with E-state index in [9.17, 15) is 0 Å². The Labute approximate surface area is 245 Å². The van der Waals surface area contributed by atoms with Crippen molar-refractivity contribution in [2.45, 2.75) is 18.9 Å². The Morgan fingerprint density at radius 1 is 0.895 bits per heavy atom. The first kappa shape index (κ1) is 29.9. The first-order valence-electron chi connectivity index (χ1n) is 12.0. The molecule has 1 unspecified atom stereocenters. The van der Waals surface area contributed by atoms with Gasteiger partial charge in [-0.2, -0.15) is 0 Å². The monoisotopic (exact) mass is 590 g/mol. The summed E-state index contributed by atoms with van der Waals surface area (Å²) in [6.07, 6.45) is 1.78. The molecule has 9 heteroatoms. The lowest BCUT2D eigenvalue weighted by atomic mass is 10.0. The van der Waals surface area contributed by atoms with Crippen molar-refractivity contribution in [3.05, 3.63) is 100 Å². The molecule has 0 spiro atoms. The van der Waals surface area contributed by atoms with Crippen molar-refractivity contribution in [2.24, 2.45) is 0 Å². The molecule has 0 saturated carbocycles. The molecule has 0 radical (unpaired) electrons. The van der Waals surface area contributed by atoms with Gasteiger partial charge in [0.1, 0.15) is 11.6 Å². The van der Waals surface area contributed by atoms with Crippen LogP contribution in [0.15, 0.2) is 78.9 Å². The van der Waals surface area contributed by atoms with E-state index in [1.807, 2.05) is 42.5 Å². The van der Waals surface area contributed by atoms with E-state index in [1.165, 1.54) is 5.56 Å². The van der Waals surface area contributed by atoms with Gasteiger partial charge in [-0.15, -0.1) is 24.8 Å². The van der Waals surface area contributed by atoms with E-state index in [0.29, 0.717) is 10.0 Å². The molecular formula is C29H30Cl4N4O. The second kappa shape index (κ2) is 13.9. The summed E-state index contributed by atoms with van der Waals surface area (Å²) in [5.74, 6) is 1.63. The number of anilines is 1. The molecule has 5 rings (SSSR count). The van der Waals surface area contributed by atoms with Gasteiger partial charge in [0.25, 0.3) is 0 Å². The fourth-order valence-electron chi connectivity index (χ4n) is 4.50. The van der Waals surface area contributed by atoms with E-state index >= 15 is 0 Å². The summed E-state index contributed by atoms with van der Waals surface area (Å²) in [6, 6.07) is 26.4. The van der Waals surface area contributed by atoms with Crippen LogP contribution in [0.5, 0.6) is 5.75 Å². The number of aromatic amines is 1. The maximum Gasteiger partial charge on any atom is 0.131 e. The van der Waals surface area contributed by atoms with Crippen LogP contribution in [-0.4, -0.2) is 30.2 Å². The number of nitrogens with zero attached hydrogens (tertiary/aromatic N) is 1. The Morgan fingerprint density at radius 2 is 1.66 bits per heavy atom. The van der Waals surface area contributed by atoms with Gasteiger partial charge in [0.15, 0.2) is 0 Å². The molecule has 0 aliphatic rings. The number of ether oxygens (including phenoxy) is 1. The Morgan fingerprint density at radius 3 is 2.45 bits per heavy atom. The number of pyridine rings is 1. The first-order chi connectivity index (χ1) is 17.6. The zero-order valence-electron chi connectivity index (χ0n) is 20.8. The average molecular weight is 592 g/mol. The Balaban J connectivity index is 0.00000200. The number of hydrogen-bond acceptors (Lipinski definition) is 4. The maximum absolute atomic E-state index is 6.45. The molecule has 1 atom stereocenters. The fraction of sp³-hybridized carbons (Fsp3) is 0.207. The Bertz CT molecular complexity index is 1480. The molecule has 0 aliphatic heterocycles. The quantitative estimate of drug-likeness (QED) is 0.143. The minimum Gasteiger partial charge on any atom is -0.496 e. The third-order valence-corrected chi connectivity index (χ3v) is 6.81. The number of aromatic nitrogens is 2. The highest BCUT2D eigenvalue weighted by atomic mass is 35.5. The van der Waals surface area contributed by atoms with Crippen LogP contribution in [0.2, 0.25) is 10.0 Å². The molecule has 5 aromatic rings. The number of methoxy groups -OCH3 is 1. The summed E-state index contributed by atoms with van der Waals surface area (Å²) < 4.78 is 5.56. The minimum atomic E-state index is 0. The third kappa shape index (κ3) is 7.04. The summed E-state index contributed by atoms with van der Waals surface area (Å²) in [7, 11) is 1.69. The Kier molecular flexibility index (Phi) is 11.0. The van der Waals surface area contributed by atoms with Gasteiger partial charge >= 0.3 is 0 Å². The van der Waals surface area contributed by atoms with Crippen molar-refractivity contribution in [3.8, 4) is 5.75 Å². The Hall–Kier alpha value is -2.67. The van der Waals surface area contributed by atoms with Crippen molar-refractivity contribution >= 4 is 75.6 Å². The zero-order chi connectivity index (χ0) is 24.9. The second-order valence-corrected chi connectivity index (χ2v) is 9.62. The standard InChI is InChI=1S/C29H28Cl2N4O.2ClH/c1-36-28-18-29(35-24-11-6-5-10-21(24)28)33-13-7-12-32-26(14-19-8-3-2-4-9-19)27-17-22-23(31)15-20(30)16-25(22)34-27;;/h2-6,8-11,15-18,26,32,34H,7,12-14H2,1H3,(H,33,35);2*1H. The molecule has 0 saturated heterocycles. The van der Waals surface area contributed by atoms with Gasteiger partial charge in [0, 0.05) is 39.6 Å². The van der Waals surface area contributed by atoms with E-state index in [4.69, 9.17) is 32.9 Å². The van der Waals surface area contributed by atoms with Crippen molar-refractivity contribution in [2.75, 3.05) is 25.5 Å². The number of fused-ring (bicyclic) bond motifs is 2. The molecule has 3 N–H and O–H groups in total. The highest BCUT2D eigenvalue weighted by Crippen LogP contribution is 2.31. The molecule has 2 aromatic heterocycles. The topological polar surface area (TPSA) is 62.0 Å². The SMILES string of the molecule is COc1cc(NCCCNC(Cc2ccccc2)c2cc3c(Cl)cc(Cl)cc3[nH]2)nc2ccccc12.Cl.Cl. The maximum atomic E-state index is 6.45. The average Bonchev–Trinajstić information content (AvgIpc) is 3.32. The molecule has 0 aliphatic carbocycles. The van der Waals surface area contributed by atoms with Crippen LogP contribution in [0.25, 0.3) is 21.8 Å². The minimum absolute atomic E-state index is 0. The molecule has 2 heterocycles. The number of halogens is 4. The second-order valence-electron chi connectivity index (χ2n) is 8.78. The predicted octanol–water partition coefficient (Wildman–Crippen LogP) is 8.25. The van der Waals surface area contributed by atoms with Crippen molar-refractivity contribution in [1.29, 1.82) is 0 Å². The number of rotatable bonds is 10. The van der Waals surface area contributed by atoms with Crippen LogP contribution in [0, 0.1) is 0 Å². The van der Waals surface area contributed by atoms with Gasteiger partial charge in [-0.3, -0.25) is 0 Å². The zero-order valence-corrected chi connectivity index (χ0v) is 24.0. The molecular weight excluding hydrogens is 562 g/mol. The van der Waals surface area contributed by atoms with E-state index in [-0.39, 0.29) is 30.9 Å². The van der Waals surface area contributed by atoms with Gasteiger partial charge in [0.05, 0.1) is 23.7 Å². The molecule has 38 heavy (non-hydrogen) atoms. The van der Waals surface area contributed by atoms with Crippen LogP contribution in [-0.2, 0) is 6.42 Å². The van der Waals surface area contributed by atoms with E-state index < -0.39 is 0 Å². The largest absolute Gasteiger partial charge is 0.496 e. The highest BCUT2D eigenvalue weighted by Gasteiger charge is 2.16.